The first-order chi connectivity index (χ1) is 15.8. The van der Waals surface area contributed by atoms with E-state index >= 15 is 0 Å². The van der Waals surface area contributed by atoms with Crippen molar-refractivity contribution in [3.05, 3.63) is 77.2 Å². The maximum absolute atomic E-state index is 12.4. The molecule has 9 heteroatoms. The summed E-state index contributed by atoms with van der Waals surface area (Å²) in [6.45, 7) is 4.96. The van der Waals surface area contributed by atoms with E-state index in [1.54, 1.807) is 24.4 Å². The van der Waals surface area contributed by atoms with Gasteiger partial charge in [-0.25, -0.2) is 9.78 Å². The summed E-state index contributed by atoms with van der Waals surface area (Å²) in [6.07, 6.45) is 4.52. The van der Waals surface area contributed by atoms with E-state index in [0.717, 1.165) is 16.7 Å². The molecule has 0 fully saturated rings. The van der Waals surface area contributed by atoms with Gasteiger partial charge in [-0.3, -0.25) is 14.6 Å². The SMILES string of the molecule is Cc1cc(C)c(NC(=O)CNC(=O)COC(=O)c2cccnc2Oc2cccnc2)c(C)c1. The van der Waals surface area contributed by atoms with Crippen LogP contribution in [0.5, 0.6) is 11.6 Å². The van der Waals surface area contributed by atoms with Gasteiger partial charge in [-0.2, -0.15) is 0 Å². The van der Waals surface area contributed by atoms with Crippen LogP contribution in [-0.4, -0.2) is 40.9 Å². The van der Waals surface area contributed by atoms with Crippen molar-refractivity contribution < 1.29 is 23.9 Å². The van der Waals surface area contributed by atoms with E-state index < -0.39 is 18.5 Å². The fraction of sp³-hybridized carbons (Fsp3) is 0.208. The van der Waals surface area contributed by atoms with Crippen molar-refractivity contribution in [3.8, 4) is 11.6 Å². The molecule has 33 heavy (non-hydrogen) atoms. The number of ether oxygens (including phenoxy) is 2. The number of esters is 1. The van der Waals surface area contributed by atoms with Gasteiger partial charge in [0.25, 0.3) is 5.91 Å². The van der Waals surface area contributed by atoms with Gasteiger partial charge in [0.2, 0.25) is 11.8 Å². The van der Waals surface area contributed by atoms with E-state index in [9.17, 15) is 14.4 Å². The van der Waals surface area contributed by atoms with Crippen molar-refractivity contribution in [2.75, 3.05) is 18.5 Å². The number of hydrogen-bond acceptors (Lipinski definition) is 7. The number of hydrogen-bond donors (Lipinski definition) is 2. The third-order valence-electron chi connectivity index (χ3n) is 4.56. The number of amides is 2. The summed E-state index contributed by atoms with van der Waals surface area (Å²) in [5.74, 6) is -1.36. The predicted octanol–water partition coefficient (Wildman–Crippen LogP) is 3.11. The van der Waals surface area contributed by atoms with Gasteiger partial charge in [-0.15, -0.1) is 0 Å². The second-order valence-electron chi connectivity index (χ2n) is 7.32. The summed E-state index contributed by atoms with van der Waals surface area (Å²) in [6, 6.07) is 10.3. The Hall–Kier alpha value is -4.27. The lowest BCUT2D eigenvalue weighted by molar-refractivity contribution is -0.126. The average molecular weight is 448 g/mol. The van der Waals surface area contributed by atoms with Crippen molar-refractivity contribution in [2.45, 2.75) is 20.8 Å². The Kier molecular flexibility index (Phi) is 7.69. The standard InChI is InChI=1S/C24H24N4O5/c1-15-10-16(2)22(17(3)11-15)28-20(29)13-27-21(30)14-32-24(31)19-7-5-9-26-23(19)33-18-6-4-8-25-12-18/h4-12H,13-14H2,1-3H3,(H,27,30)(H,28,29). The lowest BCUT2D eigenvalue weighted by atomic mass is 10.1. The highest BCUT2D eigenvalue weighted by Crippen LogP contribution is 2.23. The number of aromatic nitrogens is 2. The molecule has 3 aromatic rings. The molecule has 0 saturated heterocycles. The van der Waals surface area contributed by atoms with E-state index in [4.69, 9.17) is 9.47 Å². The molecule has 0 saturated carbocycles. The monoisotopic (exact) mass is 448 g/mol. The van der Waals surface area contributed by atoms with Crippen molar-refractivity contribution >= 4 is 23.5 Å². The number of anilines is 1. The molecule has 1 aromatic carbocycles. The van der Waals surface area contributed by atoms with Crippen LogP contribution in [0.4, 0.5) is 5.69 Å². The van der Waals surface area contributed by atoms with Crippen molar-refractivity contribution in [3.63, 3.8) is 0 Å². The van der Waals surface area contributed by atoms with Gasteiger partial charge in [-0.1, -0.05) is 17.7 Å². The first kappa shape index (κ1) is 23.4. The Morgan fingerprint density at radius 2 is 1.70 bits per heavy atom. The zero-order valence-electron chi connectivity index (χ0n) is 18.5. The van der Waals surface area contributed by atoms with Crippen molar-refractivity contribution in [2.24, 2.45) is 0 Å². The molecule has 0 atom stereocenters. The van der Waals surface area contributed by atoms with Crippen LogP contribution < -0.4 is 15.4 Å². The Labute approximate surface area is 191 Å². The first-order valence-electron chi connectivity index (χ1n) is 10.2. The second-order valence-corrected chi connectivity index (χ2v) is 7.32. The van der Waals surface area contributed by atoms with Gasteiger partial charge in [0.15, 0.2) is 6.61 Å². The number of pyridine rings is 2. The molecule has 0 aliphatic heterocycles. The molecule has 2 N–H and O–H groups in total. The third kappa shape index (κ3) is 6.60. The molecule has 3 rings (SSSR count). The van der Waals surface area contributed by atoms with Crippen LogP contribution in [0.1, 0.15) is 27.0 Å². The first-order valence-corrected chi connectivity index (χ1v) is 10.2. The maximum atomic E-state index is 12.4. The number of rotatable bonds is 8. The van der Waals surface area contributed by atoms with Crippen LogP contribution in [0.15, 0.2) is 55.0 Å². The lowest BCUT2D eigenvalue weighted by Crippen LogP contribution is -2.35. The molecule has 2 aromatic heterocycles. The summed E-state index contributed by atoms with van der Waals surface area (Å²) in [5.41, 5.74) is 3.73. The number of nitrogens with one attached hydrogen (secondary N) is 2. The summed E-state index contributed by atoms with van der Waals surface area (Å²) < 4.78 is 10.6. The summed E-state index contributed by atoms with van der Waals surface area (Å²) in [7, 11) is 0. The van der Waals surface area contributed by atoms with Gasteiger partial charge in [0.1, 0.15) is 11.3 Å². The second kappa shape index (κ2) is 10.9. The van der Waals surface area contributed by atoms with Crippen LogP contribution in [0.25, 0.3) is 0 Å². The number of carbonyl (C=O) groups excluding carboxylic acids is 3. The molecule has 0 aliphatic rings. The van der Waals surface area contributed by atoms with Gasteiger partial charge in [0.05, 0.1) is 12.7 Å². The van der Waals surface area contributed by atoms with E-state index in [2.05, 4.69) is 20.6 Å². The average Bonchev–Trinajstić information content (AvgIpc) is 2.79. The molecule has 0 unspecified atom stereocenters. The molecule has 0 aliphatic carbocycles. The Morgan fingerprint density at radius 3 is 2.39 bits per heavy atom. The molecule has 2 amide bonds. The highest BCUT2D eigenvalue weighted by atomic mass is 16.5. The summed E-state index contributed by atoms with van der Waals surface area (Å²) >= 11 is 0. The zero-order valence-corrected chi connectivity index (χ0v) is 18.5. The third-order valence-corrected chi connectivity index (χ3v) is 4.56. The van der Waals surface area contributed by atoms with Crippen LogP contribution in [0.2, 0.25) is 0 Å². The minimum absolute atomic E-state index is 0.0270. The van der Waals surface area contributed by atoms with Crippen molar-refractivity contribution in [1.29, 1.82) is 0 Å². The summed E-state index contributed by atoms with van der Waals surface area (Å²) in [5, 5.41) is 5.22. The van der Waals surface area contributed by atoms with Gasteiger partial charge < -0.3 is 20.1 Å². The molecule has 0 bridgehead atoms. The molecule has 0 radical (unpaired) electrons. The topological polar surface area (TPSA) is 120 Å². The molecular weight excluding hydrogens is 424 g/mol. The van der Waals surface area contributed by atoms with E-state index in [-0.39, 0.29) is 23.9 Å². The van der Waals surface area contributed by atoms with Crippen molar-refractivity contribution in [1.82, 2.24) is 15.3 Å². The van der Waals surface area contributed by atoms with Crippen LogP contribution in [-0.2, 0) is 14.3 Å². The summed E-state index contributed by atoms with van der Waals surface area (Å²) in [4.78, 5) is 44.7. The smallest absolute Gasteiger partial charge is 0.344 e. The Morgan fingerprint density at radius 1 is 0.970 bits per heavy atom. The van der Waals surface area contributed by atoms with E-state index in [1.165, 1.54) is 18.5 Å². The molecule has 2 heterocycles. The van der Waals surface area contributed by atoms with E-state index in [0.29, 0.717) is 11.4 Å². The molecule has 9 nitrogen and oxygen atoms in total. The Bertz CT molecular complexity index is 1140. The minimum atomic E-state index is -0.785. The number of aryl methyl sites for hydroxylation is 3. The fourth-order valence-corrected chi connectivity index (χ4v) is 3.15. The molecular formula is C24H24N4O5. The number of carbonyl (C=O) groups is 3. The van der Waals surface area contributed by atoms with Gasteiger partial charge in [0, 0.05) is 18.1 Å². The highest BCUT2D eigenvalue weighted by molar-refractivity contribution is 5.97. The largest absolute Gasteiger partial charge is 0.452 e. The van der Waals surface area contributed by atoms with Crippen LogP contribution in [0, 0.1) is 20.8 Å². The quantitative estimate of drug-likeness (QED) is 0.508. The number of benzene rings is 1. The molecule has 170 valence electrons. The van der Waals surface area contributed by atoms with Crippen LogP contribution >= 0.6 is 0 Å². The van der Waals surface area contributed by atoms with Gasteiger partial charge >= 0.3 is 5.97 Å². The predicted molar refractivity (Wildman–Crippen MR) is 121 cm³/mol. The minimum Gasteiger partial charge on any atom is -0.452 e. The normalized spacial score (nSPS) is 10.3. The van der Waals surface area contributed by atoms with Gasteiger partial charge in [-0.05, 0) is 56.2 Å². The fourth-order valence-electron chi connectivity index (χ4n) is 3.15. The highest BCUT2D eigenvalue weighted by Gasteiger charge is 2.18. The maximum Gasteiger partial charge on any atom is 0.344 e. The Balaban J connectivity index is 1.50. The molecule has 0 spiro atoms. The van der Waals surface area contributed by atoms with Crippen LogP contribution in [0.3, 0.4) is 0 Å². The van der Waals surface area contributed by atoms with E-state index in [1.807, 2.05) is 32.9 Å². The number of nitrogens with zero attached hydrogens (tertiary/aromatic N) is 2. The lowest BCUT2D eigenvalue weighted by Gasteiger charge is -2.13. The zero-order chi connectivity index (χ0) is 23.8.